The summed E-state index contributed by atoms with van der Waals surface area (Å²) in [4.78, 5) is 27.1. The predicted octanol–water partition coefficient (Wildman–Crippen LogP) is 1.90. The van der Waals surface area contributed by atoms with Crippen LogP contribution in [-0.4, -0.2) is 45.4 Å². The predicted molar refractivity (Wildman–Crippen MR) is 94.1 cm³/mol. The van der Waals surface area contributed by atoms with Crippen LogP contribution in [-0.2, 0) is 6.54 Å². The van der Waals surface area contributed by atoms with Gasteiger partial charge in [-0.1, -0.05) is 39.0 Å². The van der Waals surface area contributed by atoms with E-state index < -0.39 is 0 Å². The van der Waals surface area contributed by atoms with Crippen LogP contribution in [0.2, 0.25) is 0 Å². The zero-order valence-corrected chi connectivity index (χ0v) is 14.5. The second-order valence-corrected chi connectivity index (χ2v) is 6.29. The number of carbonyl (C=O) groups is 1. The number of hydrogen-bond acceptors (Lipinski definition) is 4. The van der Waals surface area contributed by atoms with Gasteiger partial charge in [0.05, 0.1) is 12.0 Å². The number of carbonyl (C=O) groups excluding carboxylic acids is 1. The third kappa shape index (κ3) is 3.82. The molecule has 0 fully saturated rings. The fourth-order valence-corrected chi connectivity index (χ4v) is 2.72. The molecule has 0 radical (unpaired) electrons. The first-order chi connectivity index (χ1) is 11.5. The molecule has 6 nitrogen and oxygen atoms in total. The Morgan fingerprint density at radius 2 is 1.92 bits per heavy atom. The highest BCUT2D eigenvalue weighted by molar-refractivity contribution is 6.04. The van der Waals surface area contributed by atoms with Gasteiger partial charge in [0.15, 0.2) is 5.69 Å². The first-order valence-electron chi connectivity index (χ1n) is 8.39. The third-order valence-corrected chi connectivity index (χ3v) is 3.76. The molecule has 0 bridgehead atoms. The van der Waals surface area contributed by atoms with Crippen LogP contribution in [0.25, 0.3) is 10.8 Å². The standard InChI is InChI=1S/C18H25N3O3/c1-4-9-20(10-11-22)18(24)16-14-7-5-6-8-15(14)17(23)21(19-16)12-13(2)3/h5-8,13,22H,4,9-12H2,1-3H3. The molecule has 1 aromatic carbocycles. The van der Waals surface area contributed by atoms with Gasteiger partial charge in [0.2, 0.25) is 0 Å². The summed E-state index contributed by atoms with van der Waals surface area (Å²) in [6.45, 7) is 7.13. The highest BCUT2D eigenvalue weighted by atomic mass is 16.3. The maximum Gasteiger partial charge on any atom is 0.275 e. The fraction of sp³-hybridized carbons (Fsp3) is 0.500. The molecule has 0 atom stereocenters. The number of aliphatic hydroxyl groups excluding tert-OH is 1. The lowest BCUT2D eigenvalue weighted by Crippen LogP contribution is -2.37. The second-order valence-electron chi connectivity index (χ2n) is 6.29. The Bertz CT molecular complexity index is 762. The van der Waals surface area contributed by atoms with Crippen LogP contribution in [0.5, 0.6) is 0 Å². The van der Waals surface area contributed by atoms with Gasteiger partial charge in [-0.05, 0) is 18.4 Å². The molecule has 1 amide bonds. The molecule has 0 aliphatic rings. The minimum atomic E-state index is -0.250. The maximum absolute atomic E-state index is 12.9. The molecule has 0 aliphatic heterocycles. The van der Waals surface area contributed by atoms with Crippen molar-refractivity contribution < 1.29 is 9.90 Å². The topological polar surface area (TPSA) is 75.4 Å². The van der Waals surface area contributed by atoms with Crippen LogP contribution in [0.4, 0.5) is 0 Å². The van der Waals surface area contributed by atoms with Crippen molar-refractivity contribution in [3.63, 3.8) is 0 Å². The SMILES string of the molecule is CCCN(CCO)C(=O)c1nn(CC(C)C)c(=O)c2ccccc12. The largest absolute Gasteiger partial charge is 0.395 e. The summed E-state index contributed by atoms with van der Waals surface area (Å²) in [6, 6.07) is 7.06. The number of fused-ring (bicyclic) bond motifs is 1. The summed E-state index contributed by atoms with van der Waals surface area (Å²) in [7, 11) is 0. The van der Waals surface area contributed by atoms with E-state index in [9.17, 15) is 14.7 Å². The van der Waals surface area contributed by atoms with Gasteiger partial charge in [-0.25, -0.2) is 4.68 Å². The van der Waals surface area contributed by atoms with Crippen molar-refractivity contribution in [2.24, 2.45) is 5.92 Å². The first kappa shape index (κ1) is 18.1. The van der Waals surface area contributed by atoms with Gasteiger partial charge >= 0.3 is 0 Å². The van der Waals surface area contributed by atoms with Gasteiger partial charge in [-0.3, -0.25) is 9.59 Å². The lowest BCUT2D eigenvalue weighted by Gasteiger charge is -2.22. The summed E-state index contributed by atoms with van der Waals surface area (Å²) in [6.07, 6.45) is 0.787. The minimum Gasteiger partial charge on any atom is -0.395 e. The van der Waals surface area contributed by atoms with Crippen LogP contribution in [0.15, 0.2) is 29.1 Å². The van der Waals surface area contributed by atoms with Crippen molar-refractivity contribution in [3.8, 4) is 0 Å². The van der Waals surface area contributed by atoms with Crippen molar-refractivity contribution in [1.29, 1.82) is 0 Å². The van der Waals surface area contributed by atoms with Gasteiger partial charge in [-0.15, -0.1) is 0 Å². The van der Waals surface area contributed by atoms with Crippen molar-refractivity contribution in [2.75, 3.05) is 19.7 Å². The molecule has 0 aliphatic carbocycles. The number of amides is 1. The second kappa shape index (κ2) is 8.06. The fourth-order valence-electron chi connectivity index (χ4n) is 2.72. The van der Waals surface area contributed by atoms with Gasteiger partial charge in [0, 0.05) is 25.0 Å². The molecule has 0 spiro atoms. The average molecular weight is 331 g/mol. The number of rotatable bonds is 7. The van der Waals surface area contributed by atoms with Crippen molar-refractivity contribution >= 4 is 16.7 Å². The quantitative estimate of drug-likeness (QED) is 0.841. The number of aromatic nitrogens is 2. The number of benzene rings is 1. The molecule has 24 heavy (non-hydrogen) atoms. The average Bonchev–Trinajstić information content (AvgIpc) is 2.56. The smallest absolute Gasteiger partial charge is 0.275 e. The van der Waals surface area contributed by atoms with Crippen LogP contribution in [0.1, 0.15) is 37.7 Å². The Morgan fingerprint density at radius 3 is 2.50 bits per heavy atom. The highest BCUT2D eigenvalue weighted by Gasteiger charge is 2.21. The normalized spacial score (nSPS) is 11.2. The Hall–Kier alpha value is -2.21. The van der Waals surface area contributed by atoms with Crippen LogP contribution in [0, 0.1) is 5.92 Å². The molecular formula is C18H25N3O3. The van der Waals surface area contributed by atoms with Gasteiger partial charge in [0.1, 0.15) is 0 Å². The molecule has 0 unspecified atom stereocenters. The number of aliphatic hydroxyl groups is 1. The van der Waals surface area contributed by atoms with E-state index in [1.807, 2.05) is 20.8 Å². The van der Waals surface area contributed by atoms with E-state index in [0.29, 0.717) is 23.9 Å². The Balaban J connectivity index is 2.61. The van der Waals surface area contributed by atoms with E-state index in [1.165, 1.54) is 4.68 Å². The Morgan fingerprint density at radius 1 is 1.25 bits per heavy atom. The molecule has 0 saturated carbocycles. The van der Waals surface area contributed by atoms with Crippen LogP contribution >= 0.6 is 0 Å². The van der Waals surface area contributed by atoms with Gasteiger partial charge in [-0.2, -0.15) is 5.10 Å². The molecule has 130 valence electrons. The Labute approximate surface area is 141 Å². The molecule has 1 aromatic heterocycles. The molecule has 6 heteroatoms. The summed E-state index contributed by atoms with van der Waals surface area (Å²) >= 11 is 0. The van der Waals surface area contributed by atoms with Crippen molar-refractivity contribution in [1.82, 2.24) is 14.7 Å². The maximum atomic E-state index is 12.9. The molecular weight excluding hydrogens is 306 g/mol. The van der Waals surface area contributed by atoms with E-state index in [-0.39, 0.29) is 36.2 Å². The summed E-state index contributed by atoms with van der Waals surface area (Å²) < 4.78 is 1.38. The van der Waals surface area contributed by atoms with E-state index in [0.717, 1.165) is 6.42 Å². The Kier molecular flexibility index (Phi) is 6.09. The molecule has 2 aromatic rings. The van der Waals surface area contributed by atoms with Gasteiger partial charge < -0.3 is 10.0 Å². The first-order valence-corrected chi connectivity index (χ1v) is 8.39. The van der Waals surface area contributed by atoms with Gasteiger partial charge in [0.25, 0.3) is 11.5 Å². The zero-order valence-electron chi connectivity index (χ0n) is 14.5. The van der Waals surface area contributed by atoms with E-state index in [4.69, 9.17) is 0 Å². The lowest BCUT2D eigenvalue weighted by atomic mass is 10.1. The number of nitrogens with zero attached hydrogens (tertiary/aromatic N) is 3. The monoisotopic (exact) mass is 331 g/mol. The summed E-state index contributed by atoms with van der Waals surface area (Å²) in [5.74, 6) is -0.0110. The van der Waals surface area contributed by atoms with E-state index in [1.54, 1.807) is 29.2 Å². The molecule has 1 N–H and O–H groups in total. The van der Waals surface area contributed by atoms with Crippen LogP contribution < -0.4 is 5.56 Å². The third-order valence-electron chi connectivity index (χ3n) is 3.76. The van der Waals surface area contributed by atoms with Crippen molar-refractivity contribution in [2.45, 2.75) is 33.7 Å². The zero-order chi connectivity index (χ0) is 17.7. The van der Waals surface area contributed by atoms with Crippen molar-refractivity contribution in [3.05, 3.63) is 40.3 Å². The minimum absolute atomic E-state index is 0.102. The number of hydrogen-bond donors (Lipinski definition) is 1. The summed E-state index contributed by atoms with van der Waals surface area (Å²) in [5.41, 5.74) is 0.0906. The molecule has 2 rings (SSSR count). The van der Waals surface area contributed by atoms with E-state index >= 15 is 0 Å². The molecule has 1 heterocycles. The van der Waals surface area contributed by atoms with E-state index in [2.05, 4.69) is 5.10 Å². The van der Waals surface area contributed by atoms with Crippen LogP contribution in [0.3, 0.4) is 0 Å². The molecule has 0 saturated heterocycles. The highest BCUT2D eigenvalue weighted by Crippen LogP contribution is 2.16. The lowest BCUT2D eigenvalue weighted by molar-refractivity contribution is 0.0715. The summed E-state index contributed by atoms with van der Waals surface area (Å²) in [5, 5.41) is 14.6.